The van der Waals surface area contributed by atoms with E-state index < -0.39 is 67.3 Å². The molecule has 3 N–H and O–H groups in total. The molecule has 1 rings (SSSR count). The van der Waals surface area contributed by atoms with Crippen LogP contribution in [0.5, 0.6) is 0 Å². The summed E-state index contributed by atoms with van der Waals surface area (Å²) in [6.07, 6.45) is 51.9. The summed E-state index contributed by atoms with van der Waals surface area (Å²) in [5.41, 5.74) is 0. The van der Waals surface area contributed by atoms with E-state index in [9.17, 15) is 34.5 Å². The lowest BCUT2D eigenvalue weighted by molar-refractivity contribution is -0.301. The summed E-state index contributed by atoms with van der Waals surface area (Å²) in [5.74, 6) is -3.28. The molecule has 1 aliphatic heterocycles. The lowest BCUT2D eigenvalue weighted by atomic mass is 9.98. The maximum atomic E-state index is 13.1. The van der Waals surface area contributed by atoms with Crippen molar-refractivity contribution < 1.29 is 58.2 Å². The molecule has 0 aliphatic carbocycles. The Morgan fingerprint density at radius 1 is 0.467 bits per heavy atom. The van der Waals surface area contributed by atoms with Crippen molar-refractivity contribution in [1.29, 1.82) is 0 Å². The van der Waals surface area contributed by atoms with Crippen LogP contribution in [0.15, 0.2) is 72.9 Å². The maximum absolute atomic E-state index is 13.1. The predicted molar refractivity (Wildman–Crippen MR) is 303 cm³/mol. The molecule has 1 aliphatic rings. The Balaban J connectivity index is 2.74. The van der Waals surface area contributed by atoms with Crippen LogP contribution in [-0.4, -0.2) is 89.2 Å². The number of carbonyl (C=O) groups excluding carboxylic acids is 3. The van der Waals surface area contributed by atoms with Gasteiger partial charge in [0.1, 0.15) is 18.8 Å². The number of aliphatic carboxylic acids is 1. The van der Waals surface area contributed by atoms with E-state index in [-0.39, 0.29) is 25.9 Å². The zero-order valence-electron chi connectivity index (χ0n) is 47.3. The van der Waals surface area contributed by atoms with Gasteiger partial charge in [0.15, 0.2) is 24.6 Å². The average Bonchev–Trinajstić information content (AvgIpc) is 3.39. The van der Waals surface area contributed by atoms with Gasteiger partial charge in [-0.2, -0.15) is 0 Å². The number of hydrogen-bond donors (Lipinski definition) is 3. The smallest absolute Gasteiger partial charge is 0.335 e. The molecule has 6 unspecified atom stereocenters. The molecule has 0 aromatic carbocycles. The molecule has 430 valence electrons. The Morgan fingerprint density at radius 3 is 1.33 bits per heavy atom. The van der Waals surface area contributed by atoms with Crippen LogP contribution in [-0.2, 0) is 42.9 Å². The summed E-state index contributed by atoms with van der Waals surface area (Å²) >= 11 is 0. The van der Waals surface area contributed by atoms with Gasteiger partial charge in [0.05, 0.1) is 13.0 Å². The third-order valence-electron chi connectivity index (χ3n) is 13.3. The first-order valence-corrected chi connectivity index (χ1v) is 29.9. The van der Waals surface area contributed by atoms with Crippen LogP contribution in [0.1, 0.15) is 252 Å². The quantitative estimate of drug-likeness (QED) is 0.0228. The lowest BCUT2D eigenvalue weighted by Gasteiger charge is -2.40. The van der Waals surface area contributed by atoms with Crippen molar-refractivity contribution in [3.05, 3.63) is 72.9 Å². The van der Waals surface area contributed by atoms with Crippen molar-refractivity contribution in [2.75, 3.05) is 13.2 Å². The van der Waals surface area contributed by atoms with Gasteiger partial charge in [-0.3, -0.25) is 14.4 Å². The minimum Gasteiger partial charge on any atom is -0.479 e. The summed E-state index contributed by atoms with van der Waals surface area (Å²) in [6.45, 7) is 5.79. The number of carbonyl (C=O) groups is 4. The van der Waals surface area contributed by atoms with Crippen molar-refractivity contribution in [3.8, 4) is 0 Å². The number of ether oxygens (including phenoxy) is 5. The molecule has 0 bridgehead atoms. The second kappa shape index (κ2) is 50.9. The van der Waals surface area contributed by atoms with Crippen LogP contribution in [0.4, 0.5) is 0 Å². The van der Waals surface area contributed by atoms with Gasteiger partial charge in [-0.25, -0.2) is 4.79 Å². The van der Waals surface area contributed by atoms with Crippen LogP contribution in [0.25, 0.3) is 0 Å². The van der Waals surface area contributed by atoms with E-state index in [1.54, 1.807) is 6.08 Å². The van der Waals surface area contributed by atoms with E-state index in [2.05, 4.69) is 75.5 Å². The van der Waals surface area contributed by atoms with E-state index in [1.165, 1.54) is 109 Å². The molecule has 1 saturated heterocycles. The molecular formula is C63H106O12. The average molecular weight is 1060 g/mol. The van der Waals surface area contributed by atoms with Crippen molar-refractivity contribution in [2.45, 2.75) is 289 Å². The Morgan fingerprint density at radius 2 is 0.880 bits per heavy atom. The summed E-state index contributed by atoms with van der Waals surface area (Å²) in [7, 11) is 0. The number of aliphatic hydroxyl groups is 2. The summed E-state index contributed by atoms with van der Waals surface area (Å²) < 4.78 is 28.3. The van der Waals surface area contributed by atoms with Gasteiger partial charge in [-0.15, -0.1) is 0 Å². The number of carboxylic acid groups (broad SMARTS) is 1. The van der Waals surface area contributed by atoms with Gasteiger partial charge < -0.3 is 39.0 Å². The second-order valence-corrected chi connectivity index (χ2v) is 20.3. The maximum Gasteiger partial charge on any atom is 0.335 e. The van der Waals surface area contributed by atoms with Crippen LogP contribution >= 0.6 is 0 Å². The number of allylic oxidation sites excluding steroid dienone is 11. The molecule has 1 fully saturated rings. The van der Waals surface area contributed by atoms with Crippen molar-refractivity contribution in [1.82, 2.24) is 0 Å². The molecule has 75 heavy (non-hydrogen) atoms. The van der Waals surface area contributed by atoms with Crippen LogP contribution in [0.2, 0.25) is 0 Å². The van der Waals surface area contributed by atoms with Gasteiger partial charge in [0, 0.05) is 12.8 Å². The SMILES string of the molecule is CC/C=C\C/C=C\C/C=C\C/C=C\C/C=C\CC(=O)OC(COC(=O)CCCCCCCCC/C=C\CCCCCCCC)COC1OC(C(=O)O)C(O)C(O)C1OC(=O)CCCCCCCCCCCCCCC. The van der Waals surface area contributed by atoms with Crippen LogP contribution in [0, 0.1) is 0 Å². The first-order chi connectivity index (χ1) is 36.6. The van der Waals surface area contributed by atoms with Gasteiger partial charge >= 0.3 is 23.9 Å². The topological polar surface area (TPSA) is 175 Å². The highest BCUT2D eigenvalue weighted by Crippen LogP contribution is 2.26. The highest BCUT2D eigenvalue weighted by atomic mass is 16.7. The van der Waals surface area contributed by atoms with Crippen LogP contribution in [0.3, 0.4) is 0 Å². The Labute approximate surface area is 455 Å². The second-order valence-electron chi connectivity index (χ2n) is 20.3. The zero-order chi connectivity index (χ0) is 54.7. The number of esters is 3. The molecule has 12 nitrogen and oxygen atoms in total. The summed E-state index contributed by atoms with van der Waals surface area (Å²) in [4.78, 5) is 51.0. The Kier molecular flexibility index (Phi) is 47.0. The van der Waals surface area contributed by atoms with Crippen molar-refractivity contribution in [2.24, 2.45) is 0 Å². The van der Waals surface area contributed by atoms with Gasteiger partial charge in [-0.1, -0.05) is 235 Å². The Hall–Kier alpha value is -3.84. The third-order valence-corrected chi connectivity index (χ3v) is 13.3. The fraction of sp³-hybridized carbons (Fsp3) is 0.746. The largest absolute Gasteiger partial charge is 0.479 e. The first-order valence-electron chi connectivity index (χ1n) is 29.9. The summed E-state index contributed by atoms with van der Waals surface area (Å²) in [5, 5.41) is 31.5. The third kappa shape index (κ3) is 41.0. The van der Waals surface area contributed by atoms with Gasteiger partial charge in [0.25, 0.3) is 0 Å². The first kappa shape index (κ1) is 69.2. The van der Waals surface area contributed by atoms with Crippen molar-refractivity contribution >= 4 is 23.9 Å². The van der Waals surface area contributed by atoms with E-state index in [0.29, 0.717) is 19.3 Å². The lowest BCUT2D eigenvalue weighted by Crippen LogP contribution is -2.61. The standard InChI is InChI=1S/C63H106O12/c1-4-7-10-13-16-19-22-25-27-28-30-32-34-37-40-43-46-49-55(64)71-52-54(73-56(65)50-47-44-41-38-36-33-29-26-23-20-17-14-11-8-5-2)53-72-63-61(59(68)58(67)60(75-63)62(69)70)74-57(66)51-48-45-42-39-35-31-24-21-18-15-12-9-6-3/h8,11,17,20,25-27,29,36,38,44,47,54,58-61,63,67-68H,4-7,9-10,12-16,18-19,21-24,28,30-35,37,39-43,45-46,48-53H2,1-3H3,(H,69,70)/b11-8-,20-17-,27-25-,29-26-,38-36-,47-44-. The van der Waals surface area contributed by atoms with E-state index >= 15 is 0 Å². The number of carboxylic acids is 1. The summed E-state index contributed by atoms with van der Waals surface area (Å²) in [6, 6.07) is 0. The van der Waals surface area contributed by atoms with Gasteiger partial charge in [0.2, 0.25) is 0 Å². The number of rotatable bonds is 50. The molecule has 0 aromatic heterocycles. The van der Waals surface area contributed by atoms with Crippen molar-refractivity contribution in [3.63, 3.8) is 0 Å². The Bertz CT molecular complexity index is 1580. The predicted octanol–water partition coefficient (Wildman–Crippen LogP) is 15.3. The minimum absolute atomic E-state index is 0.0510. The molecule has 0 saturated carbocycles. The van der Waals surface area contributed by atoms with Gasteiger partial charge in [-0.05, 0) is 70.6 Å². The monoisotopic (exact) mass is 1050 g/mol. The molecule has 0 radical (unpaired) electrons. The number of aliphatic hydroxyl groups excluding tert-OH is 2. The molecule has 6 atom stereocenters. The fourth-order valence-corrected chi connectivity index (χ4v) is 8.73. The van der Waals surface area contributed by atoms with E-state index in [0.717, 1.165) is 83.5 Å². The fourth-order valence-electron chi connectivity index (χ4n) is 8.73. The molecule has 0 amide bonds. The van der Waals surface area contributed by atoms with E-state index in [1.807, 2.05) is 12.2 Å². The highest BCUT2D eigenvalue weighted by Gasteiger charge is 2.50. The molecular weight excluding hydrogens is 949 g/mol. The normalized spacial score (nSPS) is 18.7. The zero-order valence-corrected chi connectivity index (χ0v) is 47.3. The highest BCUT2D eigenvalue weighted by molar-refractivity contribution is 5.74. The molecule has 0 aromatic rings. The van der Waals surface area contributed by atoms with E-state index in [4.69, 9.17) is 23.7 Å². The number of hydrogen-bond acceptors (Lipinski definition) is 11. The minimum atomic E-state index is -1.92. The molecule has 12 heteroatoms. The molecule has 0 spiro atoms. The number of unbranched alkanes of at least 4 members (excludes halogenated alkanes) is 25. The van der Waals surface area contributed by atoms with Crippen LogP contribution < -0.4 is 0 Å². The molecule has 1 heterocycles.